The monoisotopic (exact) mass is 430 g/mol. The van der Waals surface area contributed by atoms with Gasteiger partial charge in [0.05, 0.1) is 11.8 Å². The van der Waals surface area contributed by atoms with E-state index in [4.69, 9.17) is 5.10 Å². The highest BCUT2D eigenvalue weighted by molar-refractivity contribution is 5.37. The van der Waals surface area contributed by atoms with E-state index in [2.05, 4.69) is 61.9 Å². The fourth-order valence-electron chi connectivity index (χ4n) is 8.61. The summed E-state index contributed by atoms with van der Waals surface area (Å²) in [6.07, 6.45) is 14.1. The highest BCUT2D eigenvalue weighted by Gasteiger charge is 2.59. The van der Waals surface area contributed by atoms with E-state index >= 15 is 0 Å². The third kappa shape index (κ3) is 2.93. The van der Waals surface area contributed by atoms with Crippen LogP contribution in [-0.4, -0.2) is 21.0 Å². The lowest BCUT2D eigenvalue weighted by molar-refractivity contribution is -0.0414. The van der Waals surface area contributed by atoms with Gasteiger partial charge < -0.3 is 5.11 Å². The number of aliphatic hydroxyl groups excluding tert-OH is 1. The molecule has 0 amide bonds. The van der Waals surface area contributed by atoms with E-state index in [-0.39, 0.29) is 6.10 Å². The highest BCUT2D eigenvalue weighted by atomic mass is 16.3. The number of aromatic nitrogens is 2. The Labute approximate surface area is 192 Å². The summed E-state index contributed by atoms with van der Waals surface area (Å²) in [5, 5.41) is 15.0. The molecular formula is C29H38N2O. The Balaban J connectivity index is 1.32. The highest BCUT2D eigenvalue weighted by Crippen LogP contribution is 2.68. The lowest BCUT2D eigenvalue weighted by Gasteiger charge is -2.58. The van der Waals surface area contributed by atoms with Gasteiger partial charge in [-0.05, 0) is 105 Å². The van der Waals surface area contributed by atoms with E-state index < -0.39 is 0 Å². The zero-order valence-corrected chi connectivity index (χ0v) is 19.9. The van der Waals surface area contributed by atoms with Gasteiger partial charge in [-0.1, -0.05) is 43.2 Å². The summed E-state index contributed by atoms with van der Waals surface area (Å²) < 4.78 is 2.21. The number of nitrogens with zero attached hydrogens (tertiary/aromatic N) is 2. The normalized spacial score (nSPS) is 40.9. The summed E-state index contributed by atoms with van der Waals surface area (Å²) in [4.78, 5) is 0. The molecule has 170 valence electrons. The molecule has 6 rings (SSSR count). The number of allylic oxidation sites excluding steroid dienone is 1. The maximum absolute atomic E-state index is 10.3. The van der Waals surface area contributed by atoms with Crippen molar-refractivity contribution in [1.29, 1.82) is 0 Å². The van der Waals surface area contributed by atoms with Gasteiger partial charge in [-0.15, -0.1) is 0 Å². The van der Waals surface area contributed by atoms with Crippen LogP contribution in [0.1, 0.15) is 82.4 Å². The van der Waals surface area contributed by atoms with Gasteiger partial charge >= 0.3 is 0 Å². The summed E-state index contributed by atoms with van der Waals surface area (Å²) >= 11 is 0. The molecule has 3 heteroatoms. The number of benzene rings is 1. The third-order valence-electron chi connectivity index (χ3n) is 10.4. The largest absolute Gasteiger partial charge is 0.393 e. The van der Waals surface area contributed by atoms with Crippen molar-refractivity contribution < 1.29 is 5.11 Å². The molecule has 1 heterocycles. The van der Waals surface area contributed by atoms with Gasteiger partial charge in [0, 0.05) is 17.8 Å². The molecule has 4 aliphatic rings. The molecule has 1 aromatic heterocycles. The van der Waals surface area contributed by atoms with Crippen molar-refractivity contribution in [3.05, 3.63) is 59.4 Å². The lowest BCUT2D eigenvalue weighted by atomic mass is 9.47. The first-order valence-corrected chi connectivity index (χ1v) is 12.9. The van der Waals surface area contributed by atoms with E-state index in [1.807, 2.05) is 6.20 Å². The number of rotatable bonds is 2. The fourth-order valence-corrected chi connectivity index (χ4v) is 8.61. The van der Waals surface area contributed by atoms with Crippen molar-refractivity contribution in [1.82, 2.24) is 9.78 Å². The van der Waals surface area contributed by atoms with Crippen LogP contribution in [0, 0.1) is 35.5 Å². The van der Waals surface area contributed by atoms with Crippen LogP contribution in [0.2, 0.25) is 0 Å². The minimum atomic E-state index is -0.113. The quantitative estimate of drug-likeness (QED) is 0.546. The molecule has 1 N–H and O–H groups in total. The SMILES string of the molecule is Cc1ccc(-n2nccc2[C@H]2CC[C@H]3[C@@H]4CC=C5C[C@@H](O)CC[C@]5(C)[C@H]4CC[C@]23C)cc1. The molecule has 0 bridgehead atoms. The predicted molar refractivity (Wildman–Crippen MR) is 129 cm³/mol. The van der Waals surface area contributed by atoms with Gasteiger partial charge in [0.1, 0.15) is 0 Å². The predicted octanol–water partition coefficient (Wildman–Crippen LogP) is 6.59. The first-order valence-electron chi connectivity index (χ1n) is 12.9. The van der Waals surface area contributed by atoms with Gasteiger partial charge in [0.25, 0.3) is 0 Å². The van der Waals surface area contributed by atoms with E-state index in [9.17, 15) is 5.11 Å². The van der Waals surface area contributed by atoms with Crippen LogP contribution >= 0.6 is 0 Å². The average molecular weight is 431 g/mol. The molecule has 1 aromatic carbocycles. The van der Waals surface area contributed by atoms with E-state index in [1.54, 1.807) is 5.57 Å². The van der Waals surface area contributed by atoms with Crippen molar-refractivity contribution in [2.45, 2.75) is 84.2 Å². The molecule has 4 aliphatic carbocycles. The summed E-state index contributed by atoms with van der Waals surface area (Å²) in [5.74, 6) is 2.99. The van der Waals surface area contributed by atoms with E-state index in [1.165, 1.54) is 55.5 Å². The van der Waals surface area contributed by atoms with Crippen LogP contribution in [0.15, 0.2) is 48.2 Å². The summed E-state index contributed by atoms with van der Waals surface area (Å²) in [7, 11) is 0. The number of aryl methyl sites for hydroxylation is 1. The maximum Gasteiger partial charge on any atom is 0.0649 e. The topological polar surface area (TPSA) is 38.0 Å². The Morgan fingerprint density at radius 3 is 2.59 bits per heavy atom. The first kappa shape index (κ1) is 20.7. The molecule has 0 aliphatic heterocycles. The molecule has 3 nitrogen and oxygen atoms in total. The molecular weight excluding hydrogens is 392 g/mol. The number of fused-ring (bicyclic) bond motifs is 5. The van der Waals surface area contributed by atoms with Crippen molar-refractivity contribution in [3.63, 3.8) is 0 Å². The third-order valence-corrected chi connectivity index (χ3v) is 10.4. The van der Waals surface area contributed by atoms with Crippen molar-refractivity contribution in [2.75, 3.05) is 0 Å². The molecule has 3 fully saturated rings. The summed E-state index contributed by atoms with van der Waals surface area (Å²) in [6.45, 7) is 7.28. The zero-order chi connectivity index (χ0) is 22.1. The van der Waals surface area contributed by atoms with Crippen LogP contribution in [0.3, 0.4) is 0 Å². The molecule has 0 unspecified atom stereocenters. The fraction of sp³-hybridized carbons (Fsp3) is 0.621. The minimum absolute atomic E-state index is 0.113. The molecule has 3 saturated carbocycles. The minimum Gasteiger partial charge on any atom is -0.393 e. The molecule has 2 aromatic rings. The Hall–Kier alpha value is -1.87. The van der Waals surface area contributed by atoms with E-state index in [0.29, 0.717) is 16.7 Å². The van der Waals surface area contributed by atoms with Crippen molar-refractivity contribution in [3.8, 4) is 5.69 Å². The van der Waals surface area contributed by atoms with Crippen LogP contribution in [0.5, 0.6) is 0 Å². The Kier molecular flexibility index (Phi) is 4.74. The molecule has 0 radical (unpaired) electrons. The van der Waals surface area contributed by atoms with Gasteiger partial charge in [-0.3, -0.25) is 0 Å². The molecule has 0 saturated heterocycles. The van der Waals surface area contributed by atoms with E-state index in [0.717, 1.165) is 30.6 Å². The number of hydrogen-bond acceptors (Lipinski definition) is 2. The number of aliphatic hydroxyl groups is 1. The summed E-state index contributed by atoms with van der Waals surface area (Å²) in [5.41, 5.74) is 6.16. The molecule has 0 spiro atoms. The second kappa shape index (κ2) is 7.32. The molecule has 7 atom stereocenters. The summed E-state index contributed by atoms with van der Waals surface area (Å²) in [6, 6.07) is 11.1. The van der Waals surface area contributed by atoms with Crippen LogP contribution in [0.25, 0.3) is 5.69 Å². The Bertz CT molecular complexity index is 1040. The van der Waals surface area contributed by atoms with Gasteiger partial charge in [-0.2, -0.15) is 5.10 Å². The smallest absolute Gasteiger partial charge is 0.0649 e. The lowest BCUT2D eigenvalue weighted by Crippen LogP contribution is -2.50. The van der Waals surface area contributed by atoms with Crippen LogP contribution in [0.4, 0.5) is 0 Å². The first-order chi connectivity index (χ1) is 15.4. The Morgan fingerprint density at radius 2 is 1.78 bits per heavy atom. The zero-order valence-electron chi connectivity index (χ0n) is 19.9. The van der Waals surface area contributed by atoms with Gasteiger partial charge in [-0.25, -0.2) is 4.68 Å². The van der Waals surface area contributed by atoms with Crippen molar-refractivity contribution >= 4 is 0 Å². The van der Waals surface area contributed by atoms with Crippen LogP contribution in [-0.2, 0) is 0 Å². The average Bonchev–Trinajstić information content (AvgIpc) is 3.38. The maximum atomic E-state index is 10.3. The number of hydrogen-bond donors (Lipinski definition) is 1. The van der Waals surface area contributed by atoms with Gasteiger partial charge in [0.2, 0.25) is 0 Å². The van der Waals surface area contributed by atoms with Gasteiger partial charge in [0.15, 0.2) is 0 Å². The second-order valence-electron chi connectivity index (χ2n) is 11.8. The second-order valence-corrected chi connectivity index (χ2v) is 11.8. The van der Waals surface area contributed by atoms with Crippen molar-refractivity contribution in [2.24, 2.45) is 28.6 Å². The standard InChI is InChI=1S/C29H38N2O/c1-19-4-7-21(8-5-19)31-27(14-17-30-31)26-11-10-24-23-9-6-20-18-22(32)12-15-28(20,2)25(23)13-16-29(24,26)3/h4-8,14,17,22-26,32H,9-13,15-16,18H2,1-3H3/t22-,23-,24-,25-,26+,28-,29-/m0/s1. The van der Waals surface area contributed by atoms with Crippen LogP contribution < -0.4 is 0 Å². The Morgan fingerprint density at radius 1 is 0.969 bits per heavy atom. The molecule has 32 heavy (non-hydrogen) atoms.